The molecule has 0 aliphatic heterocycles. The van der Waals surface area contributed by atoms with Gasteiger partial charge in [0, 0.05) is 23.2 Å². The highest BCUT2D eigenvalue weighted by Crippen LogP contribution is 2.27. The average molecular weight is 406 g/mol. The maximum atomic E-state index is 12.3. The lowest BCUT2D eigenvalue weighted by Crippen LogP contribution is -2.34. The molecule has 0 aliphatic rings. The van der Waals surface area contributed by atoms with Gasteiger partial charge in [0.05, 0.1) is 17.2 Å². The molecule has 0 atom stereocenters. The van der Waals surface area contributed by atoms with Crippen molar-refractivity contribution in [3.63, 3.8) is 0 Å². The molecule has 0 saturated heterocycles. The normalized spacial score (nSPS) is 10.7. The molecular weight excluding hydrogens is 386 g/mol. The van der Waals surface area contributed by atoms with Crippen molar-refractivity contribution >= 4 is 33.2 Å². The predicted octanol–water partition coefficient (Wildman–Crippen LogP) is 3.86. The van der Waals surface area contributed by atoms with Crippen LogP contribution in [0.3, 0.4) is 0 Å². The summed E-state index contributed by atoms with van der Waals surface area (Å²) in [6.07, 6.45) is 0.878. The minimum atomic E-state index is -0.473. The Morgan fingerprint density at radius 2 is 1.96 bits per heavy atom. The Balaban J connectivity index is 1.90. The summed E-state index contributed by atoms with van der Waals surface area (Å²) in [5, 5.41) is 13.5. The summed E-state index contributed by atoms with van der Waals surface area (Å²) in [5.41, 5.74) is 1.73. The molecule has 132 valence electrons. The molecule has 2 rings (SSSR count). The van der Waals surface area contributed by atoms with Gasteiger partial charge in [-0.15, -0.1) is 0 Å². The standard InChI is InChI=1S/C18H20BrN3O3/c1-2-21(11-10-14-6-4-3-5-7-14)13-18(23)20-17-9-8-15(22(24)25)12-16(17)19/h3-9,12H,2,10-11,13H2,1H3,(H,20,23). The second-order valence-corrected chi connectivity index (χ2v) is 6.43. The topological polar surface area (TPSA) is 75.5 Å². The molecular formula is C18H20BrN3O3. The Labute approximate surface area is 155 Å². The quantitative estimate of drug-likeness (QED) is 0.534. The molecule has 0 bridgehead atoms. The first-order chi connectivity index (χ1) is 12.0. The van der Waals surface area contributed by atoms with E-state index in [0.717, 1.165) is 19.5 Å². The Kier molecular flexibility index (Phi) is 7.09. The number of carbonyl (C=O) groups excluding carboxylic acids is 1. The van der Waals surface area contributed by atoms with E-state index < -0.39 is 4.92 Å². The molecule has 1 N–H and O–H groups in total. The Bertz CT molecular complexity index is 738. The molecule has 0 heterocycles. The van der Waals surface area contributed by atoms with E-state index in [1.54, 1.807) is 0 Å². The van der Waals surface area contributed by atoms with Crippen molar-refractivity contribution in [1.82, 2.24) is 4.90 Å². The monoisotopic (exact) mass is 405 g/mol. The lowest BCUT2D eigenvalue weighted by molar-refractivity contribution is -0.384. The Hall–Kier alpha value is -2.25. The Morgan fingerprint density at radius 1 is 1.24 bits per heavy atom. The number of nitrogens with one attached hydrogen (secondary N) is 1. The van der Waals surface area contributed by atoms with E-state index >= 15 is 0 Å². The smallest absolute Gasteiger partial charge is 0.270 e. The third-order valence-electron chi connectivity index (χ3n) is 3.81. The summed E-state index contributed by atoms with van der Waals surface area (Å²) in [6, 6.07) is 14.4. The number of anilines is 1. The van der Waals surface area contributed by atoms with Crippen molar-refractivity contribution in [1.29, 1.82) is 0 Å². The van der Waals surface area contributed by atoms with Crippen molar-refractivity contribution in [3.8, 4) is 0 Å². The first-order valence-electron chi connectivity index (χ1n) is 7.99. The number of nitro groups is 1. The van der Waals surface area contributed by atoms with Crippen LogP contribution >= 0.6 is 15.9 Å². The number of hydrogen-bond acceptors (Lipinski definition) is 4. The number of carbonyl (C=O) groups is 1. The average Bonchev–Trinajstić information content (AvgIpc) is 2.61. The molecule has 2 aromatic rings. The van der Waals surface area contributed by atoms with E-state index in [2.05, 4.69) is 38.3 Å². The summed E-state index contributed by atoms with van der Waals surface area (Å²) in [6.45, 7) is 3.84. The maximum absolute atomic E-state index is 12.3. The number of halogens is 1. The number of nitrogens with zero attached hydrogens (tertiary/aromatic N) is 2. The number of likely N-dealkylation sites (N-methyl/N-ethyl adjacent to an activating group) is 1. The number of benzene rings is 2. The molecule has 0 aromatic heterocycles. The van der Waals surface area contributed by atoms with Gasteiger partial charge in [-0.25, -0.2) is 0 Å². The van der Waals surface area contributed by atoms with Crippen LogP contribution in [0.15, 0.2) is 53.0 Å². The van der Waals surface area contributed by atoms with Gasteiger partial charge in [0.2, 0.25) is 5.91 Å². The molecule has 0 fully saturated rings. The maximum Gasteiger partial charge on any atom is 0.270 e. The van der Waals surface area contributed by atoms with E-state index in [9.17, 15) is 14.9 Å². The van der Waals surface area contributed by atoms with Gasteiger partial charge in [0.25, 0.3) is 5.69 Å². The molecule has 0 unspecified atom stereocenters. The van der Waals surface area contributed by atoms with Crippen molar-refractivity contribution in [3.05, 3.63) is 68.7 Å². The van der Waals surface area contributed by atoms with Gasteiger partial charge in [-0.1, -0.05) is 37.3 Å². The van der Waals surface area contributed by atoms with Crippen LogP contribution in [0.2, 0.25) is 0 Å². The zero-order valence-corrected chi connectivity index (χ0v) is 15.5. The lowest BCUT2D eigenvalue weighted by Gasteiger charge is -2.20. The number of rotatable bonds is 8. The molecule has 1 amide bonds. The highest BCUT2D eigenvalue weighted by atomic mass is 79.9. The van der Waals surface area contributed by atoms with E-state index in [4.69, 9.17) is 0 Å². The van der Waals surface area contributed by atoms with E-state index in [0.29, 0.717) is 10.2 Å². The van der Waals surface area contributed by atoms with E-state index in [-0.39, 0.29) is 18.1 Å². The Morgan fingerprint density at radius 3 is 2.56 bits per heavy atom. The summed E-state index contributed by atoms with van der Waals surface area (Å²) >= 11 is 3.26. The summed E-state index contributed by atoms with van der Waals surface area (Å²) in [7, 11) is 0. The SMILES string of the molecule is CCN(CCc1ccccc1)CC(=O)Nc1ccc([N+](=O)[O-])cc1Br. The first-order valence-corrected chi connectivity index (χ1v) is 8.79. The van der Waals surface area contributed by atoms with Crippen molar-refractivity contribution in [2.45, 2.75) is 13.3 Å². The third-order valence-corrected chi connectivity index (χ3v) is 4.47. The minimum Gasteiger partial charge on any atom is -0.324 e. The van der Waals surface area contributed by atoms with Crippen LogP contribution in [-0.2, 0) is 11.2 Å². The third kappa shape index (κ3) is 5.95. The van der Waals surface area contributed by atoms with Crippen LogP contribution in [0, 0.1) is 10.1 Å². The van der Waals surface area contributed by atoms with Gasteiger partial charge in [0.15, 0.2) is 0 Å². The molecule has 25 heavy (non-hydrogen) atoms. The summed E-state index contributed by atoms with van der Waals surface area (Å²) in [5.74, 6) is -0.149. The van der Waals surface area contributed by atoms with Gasteiger partial charge in [-0.3, -0.25) is 19.8 Å². The van der Waals surface area contributed by atoms with Crippen LogP contribution in [-0.4, -0.2) is 35.4 Å². The van der Waals surface area contributed by atoms with E-state index in [1.165, 1.54) is 23.8 Å². The fourth-order valence-electron chi connectivity index (χ4n) is 2.39. The predicted molar refractivity (Wildman–Crippen MR) is 102 cm³/mol. The highest BCUT2D eigenvalue weighted by Gasteiger charge is 2.13. The molecule has 7 heteroatoms. The van der Waals surface area contributed by atoms with Crippen LogP contribution in [0.5, 0.6) is 0 Å². The fourth-order valence-corrected chi connectivity index (χ4v) is 2.86. The van der Waals surface area contributed by atoms with Crippen LogP contribution in [0.4, 0.5) is 11.4 Å². The molecule has 0 aliphatic carbocycles. The van der Waals surface area contributed by atoms with Crippen molar-refractivity contribution in [2.24, 2.45) is 0 Å². The van der Waals surface area contributed by atoms with Gasteiger partial charge < -0.3 is 5.32 Å². The second-order valence-electron chi connectivity index (χ2n) is 5.57. The highest BCUT2D eigenvalue weighted by molar-refractivity contribution is 9.10. The molecule has 6 nitrogen and oxygen atoms in total. The number of amides is 1. The van der Waals surface area contributed by atoms with Crippen molar-refractivity contribution in [2.75, 3.05) is 25.0 Å². The molecule has 0 radical (unpaired) electrons. The molecule has 2 aromatic carbocycles. The van der Waals surface area contributed by atoms with Crippen LogP contribution in [0.25, 0.3) is 0 Å². The van der Waals surface area contributed by atoms with Crippen LogP contribution < -0.4 is 5.32 Å². The van der Waals surface area contributed by atoms with Gasteiger partial charge >= 0.3 is 0 Å². The van der Waals surface area contributed by atoms with Gasteiger partial charge in [0.1, 0.15) is 0 Å². The van der Waals surface area contributed by atoms with Gasteiger partial charge in [-0.05, 0) is 40.5 Å². The summed E-state index contributed by atoms with van der Waals surface area (Å²) < 4.78 is 0.488. The second kappa shape index (κ2) is 9.29. The first kappa shape index (κ1) is 19.1. The fraction of sp³-hybridized carbons (Fsp3) is 0.278. The van der Waals surface area contributed by atoms with Crippen molar-refractivity contribution < 1.29 is 9.72 Å². The van der Waals surface area contributed by atoms with Gasteiger partial charge in [-0.2, -0.15) is 0 Å². The molecule has 0 spiro atoms. The number of hydrogen-bond donors (Lipinski definition) is 1. The van der Waals surface area contributed by atoms with Crippen LogP contribution in [0.1, 0.15) is 12.5 Å². The minimum absolute atomic E-state index is 0.0251. The zero-order chi connectivity index (χ0) is 18.2. The zero-order valence-electron chi connectivity index (χ0n) is 13.9. The largest absolute Gasteiger partial charge is 0.324 e. The lowest BCUT2D eigenvalue weighted by atomic mass is 10.1. The number of non-ortho nitro benzene ring substituents is 1. The molecule has 0 saturated carbocycles. The number of nitro benzene ring substituents is 1. The van der Waals surface area contributed by atoms with E-state index in [1.807, 2.05) is 25.1 Å². The summed E-state index contributed by atoms with van der Waals surface area (Å²) in [4.78, 5) is 24.6.